The summed E-state index contributed by atoms with van der Waals surface area (Å²) in [6, 6.07) is 8.25. The van der Waals surface area contributed by atoms with Gasteiger partial charge in [-0.25, -0.2) is 0 Å². The molecule has 1 saturated heterocycles. The molecule has 2 aliphatic rings. The van der Waals surface area contributed by atoms with Gasteiger partial charge in [-0.05, 0) is 50.7 Å². The van der Waals surface area contributed by atoms with Crippen molar-refractivity contribution in [1.82, 2.24) is 10.2 Å². The third-order valence-corrected chi connectivity index (χ3v) is 5.38. The van der Waals surface area contributed by atoms with Gasteiger partial charge in [0.1, 0.15) is 0 Å². The average Bonchev–Trinajstić information content (AvgIpc) is 2.57. The zero-order valence-electron chi connectivity index (χ0n) is 13.4. The second-order valence-electron chi connectivity index (χ2n) is 6.72. The van der Waals surface area contributed by atoms with Gasteiger partial charge in [0.05, 0.1) is 16.7 Å². The highest BCUT2D eigenvalue weighted by Gasteiger charge is 2.27. The molecule has 0 radical (unpaired) electrons. The molecule has 1 heterocycles. The lowest BCUT2D eigenvalue weighted by Crippen LogP contribution is -2.48. The molecule has 23 heavy (non-hydrogen) atoms. The largest absolute Gasteiger partial charge is 0.393 e. The summed E-state index contributed by atoms with van der Waals surface area (Å²) in [7, 11) is 0. The molecule has 0 unspecified atom stereocenters. The van der Waals surface area contributed by atoms with Gasteiger partial charge in [-0.2, -0.15) is 0 Å². The summed E-state index contributed by atoms with van der Waals surface area (Å²) >= 11 is 6.13. The van der Waals surface area contributed by atoms with Gasteiger partial charge in [-0.1, -0.05) is 23.7 Å². The molecule has 126 valence electrons. The van der Waals surface area contributed by atoms with E-state index in [0.29, 0.717) is 22.7 Å². The van der Waals surface area contributed by atoms with Gasteiger partial charge in [0.25, 0.3) is 5.91 Å². The minimum atomic E-state index is -0.108. The topological polar surface area (TPSA) is 52.6 Å². The van der Waals surface area contributed by atoms with Crippen LogP contribution in [0.2, 0.25) is 5.02 Å². The highest BCUT2D eigenvalue weighted by Crippen LogP contribution is 2.22. The van der Waals surface area contributed by atoms with E-state index in [1.165, 1.54) is 0 Å². The van der Waals surface area contributed by atoms with Crippen molar-refractivity contribution >= 4 is 17.5 Å². The zero-order chi connectivity index (χ0) is 16.2. The van der Waals surface area contributed by atoms with Crippen molar-refractivity contribution in [3.63, 3.8) is 0 Å². The first-order valence-electron chi connectivity index (χ1n) is 8.61. The molecule has 0 spiro atoms. The number of hydrogen-bond donors (Lipinski definition) is 2. The van der Waals surface area contributed by atoms with Crippen LogP contribution < -0.4 is 5.32 Å². The fraction of sp³-hybridized carbons (Fsp3) is 0.611. The highest BCUT2D eigenvalue weighted by molar-refractivity contribution is 6.33. The smallest absolute Gasteiger partial charge is 0.255 e. The van der Waals surface area contributed by atoms with Crippen LogP contribution in [0.25, 0.3) is 0 Å². The van der Waals surface area contributed by atoms with E-state index in [2.05, 4.69) is 5.32 Å². The Bertz CT molecular complexity index is 536. The van der Waals surface area contributed by atoms with Crippen LogP contribution >= 0.6 is 11.6 Å². The van der Waals surface area contributed by atoms with Crippen molar-refractivity contribution in [2.75, 3.05) is 13.1 Å². The Hall–Kier alpha value is -1.10. The lowest BCUT2D eigenvalue weighted by molar-refractivity contribution is 0.0689. The maximum Gasteiger partial charge on any atom is 0.255 e. The summed E-state index contributed by atoms with van der Waals surface area (Å²) in [5.74, 6) is 0.0369. The number of carbonyl (C=O) groups is 1. The number of aliphatic hydroxyl groups excluding tert-OH is 1. The molecule has 1 aromatic rings. The summed E-state index contributed by atoms with van der Waals surface area (Å²) in [6.07, 6.45) is 5.77. The quantitative estimate of drug-likeness (QED) is 0.892. The Kier molecular flexibility index (Phi) is 5.57. The first-order valence-corrected chi connectivity index (χ1v) is 8.99. The van der Waals surface area contributed by atoms with E-state index in [-0.39, 0.29) is 12.0 Å². The van der Waals surface area contributed by atoms with Crippen LogP contribution in [0.4, 0.5) is 0 Å². The van der Waals surface area contributed by atoms with E-state index < -0.39 is 0 Å². The molecule has 1 saturated carbocycles. The van der Waals surface area contributed by atoms with E-state index >= 15 is 0 Å². The third-order valence-electron chi connectivity index (χ3n) is 5.05. The first-order chi connectivity index (χ1) is 11.1. The van der Waals surface area contributed by atoms with Crippen molar-refractivity contribution < 1.29 is 9.90 Å². The molecule has 1 aromatic carbocycles. The molecule has 1 aliphatic heterocycles. The molecular formula is C18H25ClN2O2. The van der Waals surface area contributed by atoms with Gasteiger partial charge in [-0.3, -0.25) is 4.79 Å². The summed E-state index contributed by atoms with van der Waals surface area (Å²) < 4.78 is 0. The lowest BCUT2D eigenvalue weighted by Gasteiger charge is -2.36. The number of halogens is 1. The fourth-order valence-corrected chi connectivity index (χ4v) is 3.85. The van der Waals surface area contributed by atoms with Crippen molar-refractivity contribution in [1.29, 1.82) is 0 Å². The van der Waals surface area contributed by atoms with Gasteiger partial charge < -0.3 is 15.3 Å². The first kappa shape index (κ1) is 16.7. The van der Waals surface area contributed by atoms with Gasteiger partial charge in [0.15, 0.2) is 0 Å². The molecule has 3 rings (SSSR count). The van der Waals surface area contributed by atoms with Crippen molar-refractivity contribution in [2.24, 2.45) is 0 Å². The van der Waals surface area contributed by atoms with E-state index in [9.17, 15) is 9.90 Å². The number of nitrogens with one attached hydrogen (secondary N) is 1. The van der Waals surface area contributed by atoms with Crippen molar-refractivity contribution in [3.8, 4) is 0 Å². The average molecular weight is 337 g/mol. The number of benzene rings is 1. The molecule has 1 amide bonds. The summed E-state index contributed by atoms with van der Waals surface area (Å²) in [4.78, 5) is 14.5. The number of amides is 1. The number of aliphatic hydroxyl groups is 1. The van der Waals surface area contributed by atoms with Gasteiger partial charge in [-0.15, -0.1) is 0 Å². The summed E-state index contributed by atoms with van der Waals surface area (Å²) in [6.45, 7) is 1.55. The van der Waals surface area contributed by atoms with E-state index in [1.807, 2.05) is 17.0 Å². The van der Waals surface area contributed by atoms with Crippen molar-refractivity contribution in [2.45, 2.75) is 56.7 Å². The van der Waals surface area contributed by atoms with Crippen LogP contribution in [0.5, 0.6) is 0 Å². The molecule has 0 bridgehead atoms. The van der Waals surface area contributed by atoms with Crippen LogP contribution in [-0.4, -0.2) is 47.2 Å². The molecular weight excluding hydrogens is 312 g/mol. The standard InChI is InChI=1S/C18H25ClN2O2/c19-17-4-2-1-3-16(17)18(23)21-11-9-14(10-12-21)20-13-5-7-15(22)8-6-13/h1-4,13-15,20,22H,5-12H2. The van der Waals surface area contributed by atoms with Gasteiger partial charge >= 0.3 is 0 Å². The number of nitrogens with zero attached hydrogens (tertiary/aromatic N) is 1. The molecule has 2 N–H and O–H groups in total. The number of likely N-dealkylation sites (tertiary alicyclic amines) is 1. The SMILES string of the molecule is O=C(c1ccccc1Cl)N1CCC(NC2CCC(O)CC2)CC1. The minimum Gasteiger partial charge on any atom is -0.393 e. The number of rotatable bonds is 3. The number of hydrogen-bond acceptors (Lipinski definition) is 3. The van der Waals surface area contributed by atoms with Crippen LogP contribution in [0.1, 0.15) is 48.9 Å². The Morgan fingerprint density at radius 1 is 1.04 bits per heavy atom. The van der Waals surface area contributed by atoms with Gasteiger partial charge in [0, 0.05) is 25.2 Å². The van der Waals surface area contributed by atoms with Crippen LogP contribution in [-0.2, 0) is 0 Å². The molecule has 0 atom stereocenters. The molecule has 4 nitrogen and oxygen atoms in total. The Morgan fingerprint density at radius 3 is 2.30 bits per heavy atom. The minimum absolute atomic E-state index is 0.0369. The second kappa shape index (κ2) is 7.65. The molecule has 0 aromatic heterocycles. The lowest BCUT2D eigenvalue weighted by atomic mass is 9.91. The maximum atomic E-state index is 12.5. The van der Waals surface area contributed by atoms with E-state index in [1.54, 1.807) is 12.1 Å². The second-order valence-corrected chi connectivity index (χ2v) is 7.13. The normalized spacial score (nSPS) is 26.3. The summed E-state index contributed by atoms with van der Waals surface area (Å²) in [5, 5.41) is 13.8. The fourth-order valence-electron chi connectivity index (χ4n) is 3.63. The highest BCUT2D eigenvalue weighted by atomic mass is 35.5. The third kappa shape index (κ3) is 4.25. The Morgan fingerprint density at radius 2 is 1.65 bits per heavy atom. The zero-order valence-corrected chi connectivity index (χ0v) is 14.1. The van der Waals surface area contributed by atoms with Crippen LogP contribution in [0, 0.1) is 0 Å². The predicted octanol–water partition coefficient (Wildman–Crippen LogP) is 2.84. The molecule has 5 heteroatoms. The Balaban J connectivity index is 1.48. The van der Waals surface area contributed by atoms with E-state index in [0.717, 1.165) is 51.6 Å². The van der Waals surface area contributed by atoms with E-state index in [4.69, 9.17) is 11.6 Å². The molecule has 2 fully saturated rings. The maximum absolute atomic E-state index is 12.5. The predicted molar refractivity (Wildman–Crippen MR) is 91.8 cm³/mol. The van der Waals surface area contributed by atoms with Crippen molar-refractivity contribution in [3.05, 3.63) is 34.9 Å². The van der Waals surface area contributed by atoms with Crippen LogP contribution in [0.15, 0.2) is 24.3 Å². The summed E-state index contributed by atoms with van der Waals surface area (Å²) in [5.41, 5.74) is 0.599. The number of piperidine rings is 1. The Labute approximate surface area is 142 Å². The van der Waals surface area contributed by atoms with Crippen LogP contribution in [0.3, 0.4) is 0 Å². The molecule has 1 aliphatic carbocycles. The van der Waals surface area contributed by atoms with Gasteiger partial charge in [0.2, 0.25) is 0 Å². The number of carbonyl (C=O) groups excluding carboxylic acids is 1. The monoisotopic (exact) mass is 336 g/mol.